The fourth-order valence-corrected chi connectivity index (χ4v) is 3.51. The van der Waals surface area contributed by atoms with Gasteiger partial charge in [-0.25, -0.2) is 0 Å². The van der Waals surface area contributed by atoms with Gasteiger partial charge in [0.2, 0.25) is 0 Å². The summed E-state index contributed by atoms with van der Waals surface area (Å²) in [6, 6.07) is 23.1. The molecule has 1 heterocycles. The van der Waals surface area contributed by atoms with Crippen LogP contribution in [0.25, 0.3) is 0 Å². The highest BCUT2D eigenvalue weighted by molar-refractivity contribution is 6.11. The molecule has 4 rings (SSSR count). The third-order valence-electron chi connectivity index (χ3n) is 5.19. The van der Waals surface area contributed by atoms with Crippen LogP contribution in [0.15, 0.2) is 84.6 Å². The highest BCUT2D eigenvalue weighted by Crippen LogP contribution is 2.37. The summed E-state index contributed by atoms with van der Waals surface area (Å²) in [6.07, 6.45) is 1.97. The lowest BCUT2D eigenvalue weighted by Gasteiger charge is -2.25. The maximum absolute atomic E-state index is 13.4. The molecule has 152 valence electrons. The number of amides is 1. The number of rotatable bonds is 6. The Labute approximate surface area is 176 Å². The Morgan fingerprint density at radius 2 is 1.37 bits per heavy atom. The first-order chi connectivity index (χ1) is 14.6. The van der Waals surface area contributed by atoms with E-state index in [0.717, 1.165) is 28.4 Å². The van der Waals surface area contributed by atoms with Crippen LogP contribution in [0.3, 0.4) is 0 Å². The van der Waals surface area contributed by atoms with Crippen molar-refractivity contribution in [2.24, 2.45) is 0 Å². The van der Waals surface area contributed by atoms with Gasteiger partial charge in [0.25, 0.3) is 5.91 Å². The Hall–Kier alpha value is -3.73. The number of methoxy groups -OCH3 is 2. The first kappa shape index (κ1) is 19.6. The number of carbonyl (C=O) groups is 1. The van der Waals surface area contributed by atoms with E-state index in [9.17, 15) is 4.79 Å². The predicted molar refractivity (Wildman–Crippen MR) is 119 cm³/mol. The lowest BCUT2D eigenvalue weighted by Crippen LogP contribution is -2.30. The minimum absolute atomic E-state index is 0.0819. The van der Waals surface area contributed by atoms with Gasteiger partial charge in [0.05, 0.1) is 20.3 Å². The molecular formula is C25H24N2O3. The van der Waals surface area contributed by atoms with Crippen molar-refractivity contribution in [3.05, 3.63) is 95.7 Å². The molecule has 1 aliphatic heterocycles. The minimum Gasteiger partial charge on any atom is -0.497 e. The quantitative estimate of drug-likeness (QED) is 0.626. The largest absolute Gasteiger partial charge is 0.497 e. The van der Waals surface area contributed by atoms with Crippen molar-refractivity contribution in [2.75, 3.05) is 24.4 Å². The zero-order chi connectivity index (χ0) is 21.1. The van der Waals surface area contributed by atoms with Crippen LogP contribution in [-0.2, 0) is 4.79 Å². The molecule has 1 atom stereocenters. The lowest BCUT2D eigenvalue weighted by molar-refractivity contribution is -0.114. The number of aryl methyl sites for hydroxylation is 1. The van der Waals surface area contributed by atoms with Crippen LogP contribution in [0.1, 0.15) is 17.2 Å². The van der Waals surface area contributed by atoms with Crippen LogP contribution < -0.4 is 19.7 Å². The Morgan fingerprint density at radius 1 is 0.800 bits per heavy atom. The van der Waals surface area contributed by atoms with Gasteiger partial charge in [-0.1, -0.05) is 29.8 Å². The van der Waals surface area contributed by atoms with E-state index >= 15 is 0 Å². The van der Waals surface area contributed by atoms with Crippen LogP contribution in [0.2, 0.25) is 0 Å². The van der Waals surface area contributed by atoms with E-state index < -0.39 is 0 Å². The van der Waals surface area contributed by atoms with Gasteiger partial charge in [-0.3, -0.25) is 9.69 Å². The number of hydrogen-bond donors (Lipinski definition) is 1. The maximum Gasteiger partial charge on any atom is 0.275 e. The fraction of sp³-hybridized carbons (Fsp3) is 0.160. The Balaban J connectivity index is 1.68. The van der Waals surface area contributed by atoms with Gasteiger partial charge in [0, 0.05) is 11.4 Å². The molecule has 0 aliphatic carbocycles. The Bertz CT molecular complexity index is 1060. The molecule has 30 heavy (non-hydrogen) atoms. The average molecular weight is 400 g/mol. The highest BCUT2D eigenvalue weighted by Gasteiger charge is 2.34. The van der Waals surface area contributed by atoms with E-state index in [1.54, 1.807) is 19.1 Å². The zero-order valence-corrected chi connectivity index (χ0v) is 17.3. The lowest BCUT2D eigenvalue weighted by atomic mass is 10.0. The third kappa shape index (κ3) is 3.87. The van der Waals surface area contributed by atoms with Gasteiger partial charge in [-0.15, -0.1) is 0 Å². The van der Waals surface area contributed by atoms with Gasteiger partial charge in [0.1, 0.15) is 17.2 Å². The summed E-state index contributed by atoms with van der Waals surface area (Å²) >= 11 is 0. The SMILES string of the molecule is COc1ccc(NC2=C[C@@H](c3ccc(C)cc3)N(c3ccc(OC)cc3)C2=O)cc1. The van der Waals surface area contributed by atoms with E-state index in [0.29, 0.717) is 5.70 Å². The molecule has 0 aromatic heterocycles. The fourth-order valence-electron chi connectivity index (χ4n) is 3.51. The molecule has 0 saturated heterocycles. The molecule has 0 unspecified atom stereocenters. The number of nitrogens with zero attached hydrogens (tertiary/aromatic N) is 1. The molecule has 0 bridgehead atoms. The number of ether oxygens (including phenoxy) is 2. The number of hydrogen-bond acceptors (Lipinski definition) is 4. The van der Waals surface area contributed by atoms with E-state index in [1.807, 2.05) is 54.6 Å². The molecule has 0 radical (unpaired) electrons. The second-order valence-electron chi connectivity index (χ2n) is 7.16. The summed E-state index contributed by atoms with van der Waals surface area (Å²) in [5, 5.41) is 3.27. The van der Waals surface area contributed by atoms with Crippen molar-refractivity contribution < 1.29 is 14.3 Å². The van der Waals surface area contributed by atoms with Crippen molar-refractivity contribution in [2.45, 2.75) is 13.0 Å². The number of benzene rings is 3. The van der Waals surface area contributed by atoms with E-state index in [4.69, 9.17) is 9.47 Å². The van der Waals surface area contributed by atoms with E-state index in [1.165, 1.54) is 5.56 Å². The Morgan fingerprint density at radius 3 is 1.93 bits per heavy atom. The molecule has 1 amide bonds. The first-order valence-corrected chi connectivity index (χ1v) is 9.76. The summed E-state index contributed by atoms with van der Waals surface area (Å²) in [5.41, 5.74) is 4.42. The van der Waals surface area contributed by atoms with Gasteiger partial charge in [-0.05, 0) is 67.1 Å². The smallest absolute Gasteiger partial charge is 0.275 e. The van der Waals surface area contributed by atoms with E-state index in [2.05, 4.69) is 36.5 Å². The summed E-state index contributed by atoms with van der Waals surface area (Å²) in [4.78, 5) is 15.2. The number of nitrogens with one attached hydrogen (secondary N) is 1. The molecule has 0 fully saturated rings. The molecule has 0 spiro atoms. The molecule has 1 N–H and O–H groups in total. The topological polar surface area (TPSA) is 50.8 Å². The third-order valence-corrected chi connectivity index (χ3v) is 5.19. The van der Waals surface area contributed by atoms with Gasteiger partial charge < -0.3 is 14.8 Å². The maximum atomic E-state index is 13.4. The van der Waals surface area contributed by atoms with Gasteiger partial charge in [0.15, 0.2) is 0 Å². The molecule has 5 nitrogen and oxygen atoms in total. The van der Waals surface area contributed by atoms with Crippen LogP contribution in [-0.4, -0.2) is 20.1 Å². The summed E-state index contributed by atoms with van der Waals surface area (Å²) < 4.78 is 10.5. The van der Waals surface area contributed by atoms with Crippen LogP contribution in [0, 0.1) is 6.92 Å². The molecule has 3 aromatic rings. The van der Waals surface area contributed by atoms with Crippen molar-refractivity contribution >= 4 is 17.3 Å². The first-order valence-electron chi connectivity index (χ1n) is 9.76. The van der Waals surface area contributed by atoms with Gasteiger partial charge in [-0.2, -0.15) is 0 Å². The van der Waals surface area contributed by atoms with Crippen LogP contribution in [0.4, 0.5) is 11.4 Å². The van der Waals surface area contributed by atoms with Crippen LogP contribution in [0.5, 0.6) is 11.5 Å². The second kappa shape index (κ2) is 8.33. The standard InChI is InChI=1S/C25H24N2O3/c1-17-4-6-18(7-5-17)24-16-23(26-19-8-12-21(29-2)13-9-19)25(28)27(24)20-10-14-22(30-3)15-11-20/h4-16,24,26H,1-3H3/t24-/m0/s1. The number of anilines is 2. The molecule has 3 aromatic carbocycles. The molecule has 1 aliphatic rings. The molecule has 0 saturated carbocycles. The monoisotopic (exact) mass is 400 g/mol. The van der Waals surface area contributed by atoms with Crippen molar-refractivity contribution in [3.63, 3.8) is 0 Å². The summed E-state index contributed by atoms with van der Waals surface area (Å²) in [5.74, 6) is 1.44. The van der Waals surface area contributed by atoms with Crippen molar-refractivity contribution in [3.8, 4) is 11.5 Å². The molecular weight excluding hydrogens is 376 g/mol. The van der Waals surface area contributed by atoms with E-state index in [-0.39, 0.29) is 11.9 Å². The van der Waals surface area contributed by atoms with Crippen molar-refractivity contribution in [1.29, 1.82) is 0 Å². The predicted octanol–water partition coefficient (Wildman–Crippen LogP) is 5.10. The second-order valence-corrected chi connectivity index (χ2v) is 7.16. The highest BCUT2D eigenvalue weighted by atomic mass is 16.5. The average Bonchev–Trinajstić information content (AvgIpc) is 3.10. The number of carbonyl (C=O) groups excluding carboxylic acids is 1. The minimum atomic E-state index is -0.202. The van der Waals surface area contributed by atoms with Crippen LogP contribution >= 0.6 is 0 Å². The molecule has 5 heteroatoms. The zero-order valence-electron chi connectivity index (χ0n) is 17.3. The van der Waals surface area contributed by atoms with Gasteiger partial charge >= 0.3 is 0 Å². The summed E-state index contributed by atoms with van der Waals surface area (Å²) in [7, 11) is 3.26. The Kier molecular flexibility index (Phi) is 5.44. The normalized spacial score (nSPS) is 15.7. The van der Waals surface area contributed by atoms with Crippen molar-refractivity contribution in [1.82, 2.24) is 0 Å². The summed E-state index contributed by atoms with van der Waals surface area (Å²) in [6.45, 7) is 2.05.